The van der Waals surface area contributed by atoms with E-state index in [4.69, 9.17) is 4.74 Å². The Hall–Kier alpha value is -0.0400. The molecule has 0 saturated carbocycles. The Morgan fingerprint density at radius 2 is 2.00 bits per heavy atom. The predicted molar refractivity (Wildman–Crippen MR) is 40.2 cm³/mol. The molecule has 0 aliphatic rings. The third kappa shape index (κ3) is 4.46. The Kier molecular flexibility index (Phi) is 4.78. The average Bonchev–Trinajstić information content (AvgIpc) is 1.82. The molecule has 1 heteroatoms. The van der Waals surface area contributed by atoms with Gasteiger partial charge in [0, 0.05) is 13.2 Å². The normalized spacial score (nSPS) is 14.3. The molecule has 0 aromatic rings. The molecular formula is C8H17O. The Morgan fingerprint density at radius 1 is 1.44 bits per heavy atom. The van der Waals surface area contributed by atoms with Crippen LogP contribution in [0.2, 0.25) is 0 Å². The van der Waals surface area contributed by atoms with Gasteiger partial charge in [-0.2, -0.15) is 0 Å². The summed E-state index contributed by atoms with van der Waals surface area (Å²) in [6, 6.07) is 0. The quantitative estimate of drug-likeness (QED) is 0.565. The highest BCUT2D eigenvalue weighted by Crippen LogP contribution is 2.11. The van der Waals surface area contributed by atoms with Crippen molar-refractivity contribution in [3.63, 3.8) is 0 Å². The minimum absolute atomic E-state index is 0.616. The maximum absolute atomic E-state index is 5.24. The van der Waals surface area contributed by atoms with Gasteiger partial charge in [0.15, 0.2) is 0 Å². The smallest absolute Gasteiger partial charge is 0.0496 e. The fourth-order valence-corrected chi connectivity index (χ4v) is 0.461. The summed E-state index contributed by atoms with van der Waals surface area (Å²) in [7, 11) is 0. The van der Waals surface area contributed by atoms with Gasteiger partial charge in [-0.15, -0.1) is 0 Å². The van der Waals surface area contributed by atoms with Crippen LogP contribution in [0.1, 0.15) is 27.7 Å². The van der Waals surface area contributed by atoms with Crippen molar-refractivity contribution >= 4 is 0 Å². The Labute approximate surface area is 58.4 Å². The van der Waals surface area contributed by atoms with Crippen molar-refractivity contribution in [3.05, 3.63) is 5.92 Å². The molecular weight excluding hydrogens is 112 g/mol. The molecule has 1 atom stereocenters. The first kappa shape index (κ1) is 8.96. The highest BCUT2D eigenvalue weighted by molar-refractivity contribution is 4.83. The lowest BCUT2D eigenvalue weighted by Gasteiger charge is -2.13. The van der Waals surface area contributed by atoms with Gasteiger partial charge in [0.1, 0.15) is 0 Å². The van der Waals surface area contributed by atoms with E-state index in [0.717, 1.165) is 13.2 Å². The van der Waals surface area contributed by atoms with E-state index in [2.05, 4.69) is 20.8 Å². The van der Waals surface area contributed by atoms with Gasteiger partial charge < -0.3 is 4.74 Å². The molecule has 55 valence electrons. The Morgan fingerprint density at radius 3 is 2.33 bits per heavy atom. The van der Waals surface area contributed by atoms with Crippen LogP contribution in [0.15, 0.2) is 0 Å². The summed E-state index contributed by atoms with van der Waals surface area (Å²) in [5, 5.41) is 0. The van der Waals surface area contributed by atoms with Crippen LogP contribution in [0.25, 0.3) is 0 Å². The zero-order valence-corrected chi connectivity index (χ0v) is 6.90. The van der Waals surface area contributed by atoms with E-state index in [1.54, 1.807) is 0 Å². The molecule has 0 aromatic heterocycles. The summed E-state index contributed by atoms with van der Waals surface area (Å²) in [4.78, 5) is 0. The predicted octanol–water partition coefficient (Wildman–Crippen LogP) is 2.27. The Bertz CT molecular complexity index is 59.6. The number of hydrogen-bond acceptors (Lipinski definition) is 1. The standard InChI is InChI=1S/C8H17O/c1-5-9-6-8(4)7(2)3/h8H,5-6H2,1-4H3. The maximum atomic E-state index is 5.24. The van der Waals surface area contributed by atoms with Gasteiger partial charge in [0.05, 0.1) is 0 Å². The topological polar surface area (TPSA) is 9.23 Å². The largest absolute Gasteiger partial charge is 0.381 e. The maximum Gasteiger partial charge on any atom is 0.0496 e. The van der Waals surface area contributed by atoms with E-state index in [1.807, 2.05) is 6.92 Å². The van der Waals surface area contributed by atoms with Crippen molar-refractivity contribution in [1.29, 1.82) is 0 Å². The van der Waals surface area contributed by atoms with Gasteiger partial charge in [0.25, 0.3) is 0 Å². The molecule has 0 amide bonds. The molecule has 0 saturated heterocycles. The zero-order chi connectivity index (χ0) is 7.28. The van der Waals surface area contributed by atoms with Crippen molar-refractivity contribution in [3.8, 4) is 0 Å². The van der Waals surface area contributed by atoms with Crippen LogP contribution in [0, 0.1) is 11.8 Å². The lowest BCUT2D eigenvalue weighted by atomic mass is 9.99. The molecule has 1 radical (unpaired) electrons. The van der Waals surface area contributed by atoms with Crippen LogP contribution in [0.5, 0.6) is 0 Å². The number of ether oxygens (including phenoxy) is 1. The number of rotatable bonds is 4. The second kappa shape index (κ2) is 4.80. The lowest BCUT2D eigenvalue weighted by molar-refractivity contribution is 0.120. The van der Waals surface area contributed by atoms with E-state index in [0.29, 0.717) is 5.92 Å². The first-order chi connectivity index (χ1) is 4.18. The molecule has 0 spiro atoms. The molecule has 0 aliphatic heterocycles. The Balaban J connectivity index is 3.16. The van der Waals surface area contributed by atoms with E-state index in [1.165, 1.54) is 5.92 Å². The van der Waals surface area contributed by atoms with Gasteiger partial charge in [-0.1, -0.05) is 20.8 Å². The molecule has 1 unspecified atom stereocenters. The van der Waals surface area contributed by atoms with Crippen LogP contribution in [-0.4, -0.2) is 13.2 Å². The van der Waals surface area contributed by atoms with E-state index in [9.17, 15) is 0 Å². The molecule has 9 heavy (non-hydrogen) atoms. The van der Waals surface area contributed by atoms with Gasteiger partial charge in [-0.05, 0) is 18.8 Å². The van der Waals surface area contributed by atoms with Crippen molar-refractivity contribution in [2.75, 3.05) is 13.2 Å². The highest BCUT2D eigenvalue weighted by Gasteiger charge is 2.05. The van der Waals surface area contributed by atoms with E-state index in [-0.39, 0.29) is 0 Å². The van der Waals surface area contributed by atoms with Gasteiger partial charge in [-0.3, -0.25) is 0 Å². The van der Waals surface area contributed by atoms with Crippen LogP contribution < -0.4 is 0 Å². The van der Waals surface area contributed by atoms with Gasteiger partial charge in [0.2, 0.25) is 0 Å². The minimum Gasteiger partial charge on any atom is -0.381 e. The van der Waals surface area contributed by atoms with Gasteiger partial charge >= 0.3 is 0 Å². The molecule has 0 fully saturated rings. The fraction of sp³-hybridized carbons (Fsp3) is 0.875. The van der Waals surface area contributed by atoms with Crippen molar-refractivity contribution in [1.82, 2.24) is 0 Å². The molecule has 0 aromatic carbocycles. The molecule has 1 nitrogen and oxygen atoms in total. The summed E-state index contributed by atoms with van der Waals surface area (Å²) in [6.45, 7) is 10.2. The van der Waals surface area contributed by atoms with Crippen molar-refractivity contribution < 1.29 is 4.74 Å². The second-order valence-electron chi connectivity index (χ2n) is 2.64. The third-order valence-electron chi connectivity index (χ3n) is 1.56. The molecule has 0 aliphatic carbocycles. The average molecular weight is 129 g/mol. The first-order valence-corrected chi connectivity index (χ1v) is 3.56. The lowest BCUT2D eigenvalue weighted by Crippen LogP contribution is -2.10. The van der Waals surface area contributed by atoms with Crippen LogP contribution in [-0.2, 0) is 4.74 Å². The summed E-state index contributed by atoms with van der Waals surface area (Å²) in [5.41, 5.74) is 0. The molecule has 0 rings (SSSR count). The summed E-state index contributed by atoms with van der Waals surface area (Å²) in [5.74, 6) is 2.06. The summed E-state index contributed by atoms with van der Waals surface area (Å²) >= 11 is 0. The summed E-state index contributed by atoms with van der Waals surface area (Å²) < 4.78 is 5.24. The molecule has 0 bridgehead atoms. The van der Waals surface area contributed by atoms with Gasteiger partial charge in [-0.25, -0.2) is 0 Å². The van der Waals surface area contributed by atoms with Crippen LogP contribution in [0.3, 0.4) is 0 Å². The van der Waals surface area contributed by atoms with Crippen LogP contribution >= 0.6 is 0 Å². The van der Waals surface area contributed by atoms with Crippen molar-refractivity contribution in [2.24, 2.45) is 5.92 Å². The van der Waals surface area contributed by atoms with E-state index < -0.39 is 0 Å². The monoisotopic (exact) mass is 129 g/mol. The molecule has 0 heterocycles. The highest BCUT2D eigenvalue weighted by atomic mass is 16.5. The minimum atomic E-state index is 0.616. The van der Waals surface area contributed by atoms with Crippen molar-refractivity contribution in [2.45, 2.75) is 27.7 Å². The summed E-state index contributed by atoms with van der Waals surface area (Å²) in [6.07, 6.45) is 0. The fourth-order valence-electron chi connectivity index (χ4n) is 0.461. The van der Waals surface area contributed by atoms with E-state index >= 15 is 0 Å². The zero-order valence-electron chi connectivity index (χ0n) is 6.90. The number of hydrogen-bond donors (Lipinski definition) is 0. The SMILES string of the molecule is CCOCC(C)[C](C)C. The molecule has 0 N–H and O–H groups in total. The van der Waals surface area contributed by atoms with Crippen LogP contribution in [0.4, 0.5) is 0 Å². The second-order valence-corrected chi connectivity index (χ2v) is 2.64. The third-order valence-corrected chi connectivity index (χ3v) is 1.56. The first-order valence-electron chi connectivity index (χ1n) is 3.56.